The molecule has 1 heterocycles. The predicted molar refractivity (Wildman–Crippen MR) is 190 cm³/mol. The third kappa shape index (κ3) is 10.7. The van der Waals surface area contributed by atoms with Gasteiger partial charge in [0.05, 0.1) is 37.1 Å². The topological polar surface area (TPSA) is 95.6 Å². The highest BCUT2D eigenvalue weighted by atomic mass is 28.4. The minimum Gasteiger partial charge on any atom is -0.493 e. The van der Waals surface area contributed by atoms with Crippen LogP contribution in [0.3, 0.4) is 0 Å². The molecule has 47 heavy (non-hydrogen) atoms. The summed E-state index contributed by atoms with van der Waals surface area (Å²) in [5.41, 5.74) is 2.45. The highest BCUT2D eigenvalue weighted by Crippen LogP contribution is 2.39. The number of carbonyl (C=O) groups is 2. The maximum atomic E-state index is 14.5. The second-order valence-corrected chi connectivity index (χ2v) is 18.2. The Bertz CT molecular complexity index is 1370. The number of benzene rings is 2. The molecule has 0 aliphatic carbocycles. The van der Waals surface area contributed by atoms with Crippen molar-refractivity contribution in [2.75, 3.05) is 32.2 Å². The van der Waals surface area contributed by atoms with Gasteiger partial charge in [-0.15, -0.1) is 0 Å². The maximum absolute atomic E-state index is 14.5. The number of anilines is 1. The number of nitrogens with one attached hydrogen (secondary N) is 1. The van der Waals surface area contributed by atoms with Gasteiger partial charge < -0.3 is 28.3 Å². The van der Waals surface area contributed by atoms with Crippen molar-refractivity contribution >= 4 is 26.0 Å². The van der Waals surface area contributed by atoms with Gasteiger partial charge in [-0.3, -0.25) is 10.1 Å². The third-order valence-electron chi connectivity index (χ3n) is 8.83. The van der Waals surface area contributed by atoms with Crippen LogP contribution in [0.4, 0.5) is 10.5 Å². The first kappa shape index (κ1) is 37.9. The third-order valence-corrected chi connectivity index (χ3v) is 13.3. The van der Waals surface area contributed by atoms with Gasteiger partial charge in [0.25, 0.3) is 5.91 Å². The SMILES string of the molecule is C=CCOC(=O)Nc1cc(OCc2ccccc2)c(OC)cc1C(=O)N1C=C(C(C)OCCCCC)C[C@H]1CO[Si](C)(C)C(C)(C)C. The van der Waals surface area contributed by atoms with E-state index in [0.717, 1.165) is 30.4 Å². The van der Waals surface area contributed by atoms with E-state index in [1.54, 1.807) is 17.0 Å². The number of ether oxygens (including phenoxy) is 4. The number of nitrogens with zero attached hydrogens (tertiary/aromatic N) is 1. The first-order valence-electron chi connectivity index (χ1n) is 16.5. The molecule has 2 amide bonds. The number of hydrogen-bond acceptors (Lipinski definition) is 7. The van der Waals surface area contributed by atoms with E-state index in [1.807, 2.05) is 43.5 Å². The van der Waals surface area contributed by atoms with Crippen molar-refractivity contribution in [2.45, 2.75) is 97.2 Å². The van der Waals surface area contributed by atoms with Crippen molar-refractivity contribution in [3.05, 3.63) is 78.0 Å². The average molecular weight is 667 g/mol. The van der Waals surface area contributed by atoms with E-state index in [0.29, 0.717) is 31.1 Å². The molecule has 0 radical (unpaired) electrons. The average Bonchev–Trinajstić information content (AvgIpc) is 3.48. The number of carbonyl (C=O) groups excluding carboxylic acids is 2. The lowest BCUT2D eigenvalue weighted by Gasteiger charge is -2.38. The van der Waals surface area contributed by atoms with Crippen LogP contribution in [-0.2, 0) is 20.5 Å². The van der Waals surface area contributed by atoms with Crippen molar-refractivity contribution in [3.8, 4) is 11.5 Å². The van der Waals surface area contributed by atoms with E-state index < -0.39 is 14.4 Å². The number of unbranched alkanes of at least 4 members (excludes halogenated alkanes) is 2. The van der Waals surface area contributed by atoms with Crippen molar-refractivity contribution < 1.29 is 33.0 Å². The summed E-state index contributed by atoms with van der Waals surface area (Å²) in [6, 6.07) is 12.7. The highest BCUT2D eigenvalue weighted by molar-refractivity contribution is 6.74. The summed E-state index contributed by atoms with van der Waals surface area (Å²) in [5, 5.41) is 2.75. The minimum atomic E-state index is -2.11. The summed E-state index contributed by atoms with van der Waals surface area (Å²) in [4.78, 5) is 29.0. The van der Waals surface area contributed by atoms with Gasteiger partial charge in [-0.1, -0.05) is 83.5 Å². The van der Waals surface area contributed by atoms with Crippen molar-refractivity contribution in [3.63, 3.8) is 0 Å². The van der Waals surface area contributed by atoms with E-state index in [-0.39, 0.29) is 47.6 Å². The summed E-state index contributed by atoms with van der Waals surface area (Å²) in [7, 11) is -0.591. The van der Waals surface area contributed by atoms with Crippen LogP contribution in [0.1, 0.15) is 76.2 Å². The zero-order valence-corrected chi connectivity index (χ0v) is 30.5. The van der Waals surface area contributed by atoms with Crippen LogP contribution in [0.5, 0.6) is 11.5 Å². The van der Waals surface area contributed by atoms with Crippen LogP contribution >= 0.6 is 0 Å². The van der Waals surface area contributed by atoms with Gasteiger partial charge in [-0.25, -0.2) is 4.79 Å². The molecule has 258 valence electrons. The van der Waals surface area contributed by atoms with E-state index >= 15 is 0 Å². The Morgan fingerprint density at radius 2 is 1.85 bits per heavy atom. The Morgan fingerprint density at radius 3 is 2.49 bits per heavy atom. The summed E-state index contributed by atoms with van der Waals surface area (Å²) in [6.07, 6.45) is 6.32. The molecule has 0 spiro atoms. The van der Waals surface area contributed by atoms with Gasteiger partial charge in [0.2, 0.25) is 0 Å². The second-order valence-electron chi connectivity index (χ2n) is 13.4. The predicted octanol–water partition coefficient (Wildman–Crippen LogP) is 8.72. The van der Waals surface area contributed by atoms with Gasteiger partial charge >= 0.3 is 6.09 Å². The fourth-order valence-corrected chi connectivity index (χ4v) is 5.89. The lowest BCUT2D eigenvalue weighted by atomic mass is 10.1. The number of amides is 2. The molecule has 1 N–H and O–H groups in total. The lowest BCUT2D eigenvalue weighted by Crippen LogP contribution is -2.45. The van der Waals surface area contributed by atoms with Crippen LogP contribution in [0.15, 0.2) is 66.9 Å². The summed E-state index contributed by atoms with van der Waals surface area (Å²) in [6.45, 7) is 20.1. The summed E-state index contributed by atoms with van der Waals surface area (Å²) < 4.78 is 29.8. The van der Waals surface area contributed by atoms with Crippen molar-refractivity contribution in [1.82, 2.24) is 4.90 Å². The van der Waals surface area contributed by atoms with E-state index in [9.17, 15) is 9.59 Å². The quantitative estimate of drug-likeness (QED) is 0.102. The molecule has 0 aromatic heterocycles. The minimum absolute atomic E-state index is 0.0121. The molecule has 9 nitrogen and oxygen atoms in total. The maximum Gasteiger partial charge on any atom is 0.411 e. The molecule has 3 rings (SSSR count). The molecular weight excluding hydrogens is 613 g/mol. The normalized spacial score (nSPS) is 15.5. The molecule has 0 fully saturated rings. The standard InChI is InChI=1S/C37H54N2O7Si/c1-10-12-16-20-43-27(3)29-21-30(26-46-47(8,9)37(4,5)6)39(24-29)35(40)31-22-33(42-7)34(45-25-28-17-14-13-15-18-28)23-32(31)38-36(41)44-19-11-2/h11,13-15,17-18,22-24,27,30H,2,10,12,16,19-21,25-26H2,1,3-9H3,(H,38,41)/t27?,30-/m0/s1. The Labute approximate surface area is 282 Å². The van der Waals surface area contributed by atoms with Gasteiger partial charge in [0.1, 0.15) is 13.2 Å². The fraction of sp³-hybridized carbons (Fsp3) is 0.514. The van der Waals surface area contributed by atoms with Crippen LogP contribution in [-0.4, -0.2) is 64.3 Å². The summed E-state index contributed by atoms with van der Waals surface area (Å²) in [5.74, 6) is 0.421. The Kier molecular flexibility index (Phi) is 14.1. The highest BCUT2D eigenvalue weighted by Gasteiger charge is 2.40. The van der Waals surface area contributed by atoms with E-state index in [4.69, 9.17) is 23.4 Å². The molecule has 2 aromatic rings. The smallest absolute Gasteiger partial charge is 0.411 e. The second kappa shape index (κ2) is 17.5. The lowest BCUT2D eigenvalue weighted by molar-refractivity contribution is 0.0732. The molecule has 1 aliphatic rings. The molecule has 0 saturated heterocycles. The number of hydrogen-bond donors (Lipinski definition) is 1. The first-order chi connectivity index (χ1) is 22.3. The number of methoxy groups -OCH3 is 1. The van der Waals surface area contributed by atoms with Crippen LogP contribution < -0.4 is 14.8 Å². The Morgan fingerprint density at radius 1 is 1.13 bits per heavy atom. The molecule has 0 saturated carbocycles. The van der Waals surface area contributed by atoms with E-state index in [1.165, 1.54) is 13.2 Å². The monoisotopic (exact) mass is 666 g/mol. The molecule has 0 bridgehead atoms. The molecule has 2 atom stereocenters. The van der Waals surface area contributed by atoms with Gasteiger partial charge in [0, 0.05) is 18.9 Å². The molecule has 10 heteroatoms. The van der Waals surface area contributed by atoms with Crippen LogP contribution in [0.25, 0.3) is 0 Å². The van der Waals surface area contributed by atoms with Gasteiger partial charge in [-0.05, 0) is 55.1 Å². The van der Waals surface area contributed by atoms with Crippen molar-refractivity contribution in [2.24, 2.45) is 0 Å². The molecular formula is C37H54N2O7Si. The first-order valence-corrected chi connectivity index (χ1v) is 19.4. The van der Waals surface area contributed by atoms with Crippen molar-refractivity contribution in [1.29, 1.82) is 0 Å². The largest absolute Gasteiger partial charge is 0.493 e. The van der Waals surface area contributed by atoms with Crippen LogP contribution in [0.2, 0.25) is 18.1 Å². The Balaban J connectivity index is 1.99. The summed E-state index contributed by atoms with van der Waals surface area (Å²) >= 11 is 0. The molecule has 1 aliphatic heterocycles. The zero-order valence-electron chi connectivity index (χ0n) is 29.5. The number of rotatable bonds is 17. The fourth-order valence-electron chi connectivity index (χ4n) is 4.85. The molecule has 1 unspecified atom stereocenters. The van der Waals surface area contributed by atoms with Crippen LogP contribution in [0, 0.1) is 0 Å². The molecule has 2 aromatic carbocycles. The van der Waals surface area contributed by atoms with Gasteiger partial charge in [0.15, 0.2) is 19.8 Å². The Hall–Kier alpha value is -3.60. The van der Waals surface area contributed by atoms with E-state index in [2.05, 4.69) is 52.7 Å². The van der Waals surface area contributed by atoms with Gasteiger partial charge in [-0.2, -0.15) is 0 Å². The zero-order chi connectivity index (χ0) is 34.6.